The molecular formula is C21H20N4O2S. The zero-order valence-electron chi connectivity index (χ0n) is 15.6. The summed E-state index contributed by atoms with van der Waals surface area (Å²) >= 11 is 1.62. The zero-order chi connectivity index (χ0) is 19.5. The standard InChI is InChI=1S/C21H20N4O2S/c1-14(2)21-23-15(13-28-21)12-22-20(26)18-11-17(19-9-6-10-27-19)24-25(18)16-7-4-3-5-8-16/h3-11,13-14H,12H2,1-2H3,(H,22,26). The molecule has 0 saturated carbocycles. The first-order chi connectivity index (χ1) is 13.6. The first kappa shape index (κ1) is 18.2. The lowest BCUT2D eigenvalue weighted by Gasteiger charge is -2.07. The van der Waals surface area contributed by atoms with E-state index in [9.17, 15) is 4.79 Å². The third-order valence-corrected chi connectivity index (χ3v) is 5.40. The van der Waals surface area contributed by atoms with Crippen LogP contribution in [0.3, 0.4) is 0 Å². The molecule has 0 spiro atoms. The van der Waals surface area contributed by atoms with E-state index in [-0.39, 0.29) is 5.91 Å². The van der Waals surface area contributed by atoms with E-state index >= 15 is 0 Å². The largest absolute Gasteiger partial charge is 0.463 e. The Hall–Kier alpha value is -3.19. The zero-order valence-corrected chi connectivity index (χ0v) is 16.4. The van der Waals surface area contributed by atoms with Gasteiger partial charge in [0.05, 0.1) is 29.2 Å². The molecule has 4 rings (SSSR count). The van der Waals surface area contributed by atoms with Crippen LogP contribution in [-0.2, 0) is 6.54 Å². The lowest BCUT2D eigenvalue weighted by Crippen LogP contribution is -2.25. The van der Waals surface area contributed by atoms with Crippen LogP contribution in [0.4, 0.5) is 0 Å². The van der Waals surface area contributed by atoms with Crippen LogP contribution in [0, 0.1) is 0 Å². The molecule has 0 aliphatic heterocycles. The van der Waals surface area contributed by atoms with Crippen LogP contribution in [0.5, 0.6) is 0 Å². The number of amides is 1. The van der Waals surface area contributed by atoms with E-state index in [0.29, 0.717) is 29.6 Å². The number of hydrogen-bond donors (Lipinski definition) is 1. The van der Waals surface area contributed by atoms with Crippen molar-refractivity contribution in [3.8, 4) is 17.1 Å². The molecule has 0 atom stereocenters. The molecule has 3 heterocycles. The van der Waals surface area contributed by atoms with Gasteiger partial charge in [-0.2, -0.15) is 5.10 Å². The third-order valence-electron chi connectivity index (χ3n) is 4.21. The Morgan fingerprint density at radius 2 is 2.04 bits per heavy atom. The van der Waals surface area contributed by atoms with Gasteiger partial charge in [-0.25, -0.2) is 9.67 Å². The minimum absolute atomic E-state index is 0.215. The maximum Gasteiger partial charge on any atom is 0.270 e. The molecule has 0 aliphatic rings. The number of nitrogens with one attached hydrogen (secondary N) is 1. The van der Waals surface area contributed by atoms with Crippen molar-refractivity contribution < 1.29 is 9.21 Å². The van der Waals surface area contributed by atoms with Crippen molar-refractivity contribution in [2.75, 3.05) is 0 Å². The van der Waals surface area contributed by atoms with Gasteiger partial charge < -0.3 is 9.73 Å². The maximum atomic E-state index is 12.9. The molecule has 28 heavy (non-hydrogen) atoms. The van der Waals surface area contributed by atoms with Crippen LogP contribution in [0.15, 0.2) is 64.6 Å². The summed E-state index contributed by atoms with van der Waals surface area (Å²) in [5.74, 6) is 0.780. The normalized spacial score (nSPS) is 11.1. The van der Waals surface area contributed by atoms with Crippen LogP contribution < -0.4 is 5.32 Å². The molecule has 1 amide bonds. The molecule has 6 nitrogen and oxygen atoms in total. The lowest BCUT2D eigenvalue weighted by atomic mass is 10.2. The van der Waals surface area contributed by atoms with Crippen LogP contribution in [0.25, 0.3) is 17.1 Å². The van der Waals surface area contributed by atoms with Crippen LogP contribution in [0.1, 0.15) is 41.0 Å². The van der Waals surface area contributed by atoms with Crippen molar-refractivity contribution in [1.29, 1.82) is 0 Å². The smallest absolute Gasteiger partial charge is 0.270 e. The van der Waals surface area contributed by atoms with E-state index < -0.39 is 0 Å². The van der Waals surface area contributed by atoms with Gasteiger partial charge in [0.25, 0.3) is 5.91 Å². The number of aromatic nitrogens is 3. The van der Waals surface area contributed by atoms with Crippen molar-refractivity contribution in [3.05, 3.63) is 76.6 Å². The highest BCUT2D eigenvalue weighted by molar-refractivity contribution is 7.09. The van der Waals surface area contributed by atoms with E-state index in [0.717, 1.165) is 16.4 Å². The Morgan fingerprint density at radius 1 is 1.21 bits per heavy atom. The average molecular weight is 392 g/mol. The van der Waals surface area contributed by atoms with E-state index in [2.05, 4.69) is 29.2 Å². The quantitative estimate of drug-likeness (QED) is 0.519. The second-order valence-electron chi connectivity index (χ2n) is 6.65. The highest BCUT2D eigenvalue weighted by atomic mass is 32.1. The van der Waals surface area contributed by atoms with Crippen LogP contribution in [-0.4, -0.2) is 20.7 Å². The second-order valence-corrected chi connectivity index (χ2v) is 7.54. The van der Waals surface area contributed by atoms with Crippen molar-refractivity contribution in [2.45, 2.75) is 26.3 Å². The van der Waals surface area contributed by atoms with Gasteiger partial charge in [-0.15, -0.1) is 11.3 Å². The molecule has 7 heteroatoms. The second kappa shape index (κ2) is 7.82. The molecule has 0 radical (unpaired) electrons. The van der Waals surface area contributed by atoms with Crippen molar-refractivity contribution in [2.24, 2.45) is 0 Å². The summed E-state index contributed by atoms with van der Waals surface area (Å²) in [5.41, 5.74) is 2.71. The SMILES string of the molecule is CC(C)c1nc(CNC(=O)c2cc(-c3ccco3)nn2-c2ccccc2)cs1. The number of furan rings is 1. The van der Waals surface area contributed by atoms with E-state index in [4.69, 9.17) is 4.42 Å². The van der Waals surface area contributed by atoms with Gasteiger partial charge in [-0.1, -0.05) is 32.0 Å². The van der Waals surface area contributed by atoms with Crippen molar-refractivity contribution in [3.63, 3.8) is 0 Å². The fourth-order valence-electron chi connectivity index (χ4n) is 2.78. The van der Waals surface area contributed by atoms with Crippen LogP contribution >= 0.6 is 11.3 Å². The van der Waals surface area contributed by atoms with Gasteiger partial charge in [0.1, 0.15) is 11.4 Å². The Morgan fingerprint density at radius 3 is 2.71 bits per heavy atom. The highest BCUT2D eigenvalue weighted by Crippen LogP contribution is 2.23. The number of thiazole rings is 1. The number of rotatable bonds is 6. The van der Waals surface area contributed by atoms with Gasteiger partial charge in [0.2, 0.25) is 0 Å². The summed E-state index contributed by atoms with van der Waals surface area (Å²) in [4.78, 5) is 17.5. The summed E-state index contributed by atoms with van der Waals surface area (Å²) < 4.78 is 7.07. The Balaban J connectivity index is 1.60. The Labute approximate surface area is 166 Å². The third kappa shape index (κ3) is 3.75. The van der Waals surface area contributed by atoms with E-state index in [1.165, 1.54) is 0 Å². The first-order valence-corrected chi connectivity index (χ1v) is 9.91. The van der Waals surface area contributed by atoms with Crippen molar-refractivity contribution >= 4 is 17.2 Å². The summed E-state index contributed by atoms with van der Waals surface area (Å²) in [7, 11) is 0. The van der Waals surface area contributed by atoms with Gasteiger partial charge in [-0.05, 0) is 24.3 Å². The number of carbonyl (C=O) groups is 1. The molecule has 1 N–H and O–H groups in total. The van der Waals surface area contributed by atoms with Crippen LogP contribution in [0.2, 0.25) is 0 Å². The Kier molecular flexibility index (Phi) is 5.08. The molecule has 0 aliphatic carbocycles. The van der Waals surface area contributed by atoms with E-state index in [1.807, 2.05) is 41.8 Å². The molecule has 0 saturated heterocycles. The van der Waals surface area contributed by atoms with Crippen molar-refractivity contribution in [1.82, 2.24) is 20.1 Å². The number of nitrogens with zero attached hydrogens (tertiary/aromatic N) is 3. The maximum absolute atomic E-state index is 12.9. The number of benzene rings is 1. The Bertz CT molecular complexity index is 1070. The monoisotopic (exact) mass is 392 g/mol. The summed E-state index contributed by atoms with van der Waals surface area (Å²) in [6.45, 7) is 4.59. The minimum Gasteiger partial charge on any atom is -0.463 e. The molecule has 0 bridgehead atoms. The molecule has 3 aromatic heterocycles. The molecule has 142 valence electrons. The molecule has 0 unspecified atom stereocenters. The number of para-hydroxylation sites is 1. The highest BCUT2D eigenvalue weighted by Gasteiger charge is 2.19. The number of carbonyl (C=O) groups excluding carboxylic acids is 1. The summed E-state index contributed by atoms with van der Waals surface area (Å²) in [6, 6.07) is 14.9. The van der Waals surface area contributed by atoms with E-state index in [1.54, 1.807) is 34.4 Å². The molecule has 1 aromatic carbocycles. The van der Waals surface area contributed by atoms with Gasteiger partial charge >= 0.3 is 0 Å². The summed E-state index contributed by atoms with van der Waals surface area (Å²) in [5, 5.41) is 10.6. The molecule has 0 fully saturated rings. The van der Waals surface area contributed by atoms with Gasteiger partial charge in [-0.3, -0.25) is 4.79 Å². The predicted molar refractivity (Wildman–Crippen MR) is 109 cm³/mol. The fraction of sp³-hybridized carbons (Fsp3) is 0.190. The fourth-order valence-corrected chi connectivity index (χ4v) is 3.62. The topological polar surface area (TPSA) is 73.0 Å². The molecule has 4 aromatic rings. The molecular weight excluding hydrogens is 372 g/mol. The minimum atomic E-state index is -0.215. The lowest BCUT2D eigenvalue weighted by molar-refractivity contribution is 0.0942. The average Bonchev–Trinajstić information content (AvgIpc) is 3.47. The summed E-state index contributed by atoms with van der Waals surface area (Å²) in [6.07, 6.45) is 1.59. The van der Waals surface area contributed by atoms with Gasteiger partial charge in [0.15, 0.2) is 5.76 Å². The van der Waals surface area contributed by atoms with Gasteiger partial charge in [0, 0.05) is 17.4 Å². The predicted octanol–water partition coefficient (Wildman–Crippen LogP) is 4.64. The first-order valence-electron chi connectivity index (χ1n) is 9.03. The number of hydrogen-bond acceptors (Lipinski definition) is 5.